The van der Waals surface area contributed by atoms with Crippen molar-refractivity contribution in [3.05, 3.63) is 118 Å². The summed E-state index contributed by atoms with van der Waals surface area (Å²) in [6.45, 7) is 2.43. The Kier molecular flexibility index (Phi) is 5.69. The van der Waals surface area contributed by atoms with Crippen molar-refractivity contribution >= 4 is 45.4 Å². The van der Waals surface area contributed by atoms with Crippen LogP contribution in [-0.2, 0) is 4.74 Å². The molecule has 0 fully saturated rings. The number of hydrogen-bond donors (Lipinski definition) is 0. The lowest BCUT2D eigenvalue weighted by atomic mass is 9.79. The van der Waals surface area contributed by atoms with Gasteiger partial charge in [0.2, 0.25) is 0 Å². The van der Waals surface area contributed by atoms with Gasteiger partial charge in [-0.05, 0) is 65.8 Å². The molecule has 0 radical (unpaired) electrons. The van der Waals surface area contributed by atoms with Gasteiger partial charge in [-0.3, -0.25) is 0 Å². The van der Waals surface area contributed by atoms with Crippen LogP contribution in [0.25, 0.3) is 16.5 Å². The molecular weight excluding hydrogens is 436 g/mol. The Morgan fingerprint density at radius 2 is 1.62 bits per heavy atom. The van der Waals surface area contributed by atoms with Crippen molar-refractivity contribution in [2.45, 2.75) is 12.8 Å². The first-order valence-electron chi connectivity index (χ1n) is 10.6. The normalized spacial score (nSPS) is 15.2. The molecule has 4 aromatic rings. The smallest absolute Gasteiger partial charge is 0.191 e. The van der Waals surface area contributed by atoms with Gasteiger partial charge in [0.25, 0.3) is 0 Å². The van der Waals surface area contributed by atoms with Gasteiger partial charge in [-0.15, -0.1) is 0 Å². The Morgan fingerprint density at radius 3 is 2.38 bits per heavy atom. The van der Waals surface area contributed by atoms with E-state index in [0.717, 1.165) is 38.8 Å². The van der Waals surface area contributed by atoms with Crippen LogP contribution in [0.5, 0.6) is 5.75 Å². The first-order chi connectivity index (χ1) is 15.7. The van der Waals surface area contributed by atoms with Crippen molar-refractivity contribution in [2.24, 2.45) is 0 Å². The minimum Gasteiger partial charge on any atom is -0.483 e. The molecular formula is C28H21ClO2S. The molecule has 1 aliphatic heterocycles. The lowest BCUT2D eigenvalue weighted by Gasteiger charge is -2.32. The fraction of sp³-hybridized carbons (Fsp3) is 0.107. The van der Waals surface area contributed by atoms with E-state index in [1.165, 1.54) is 0 Å². The van der Waals surface area contributed by atoms with E-state index in [4.69, 9.17) is 33.3 Å². The first-order valence-corrected chi connectivity index (χ1v) is 11.4. The highest BCUT2D eigenvalue weighted by molar-refractivity contribution is 7.80. The van der Waals surface area contributed by atoms with E-state index < -0.39 is 0 Å². The van der Waals surface area contributed by atoms with E-state index in [9.17, 15) is 0 Å². The molecule has 4 aromatic carbocycles. The number of fused-ring (bicyclic) bond motifs is 3. The quantitative estimate of drug-likeness (QED) is 0.292. The molecule has 1 heterocycles. The summed E-state index contributed by atoms with van der Waals surface area (Å²) in [6.07, 6.45) is 0. The van der Waals surface area contributed by atoms with Crippen LogP contribution in [0, 0.1) is 0 Å². The maximum absolute atomic E-state index is 6.57. The molecule has 5 rings (SSSR count). The molecule has 4 heteroatoms. The summed E-state index contributed by atoms with van der Waals surface area (Å²) in [4.78, 5) is 0. The molecule has 0 bridgehead atoms. The maximum Gasteiger partial charge on any atom is 0.191 e. The molecule has 0 saturated carbocycles. The predicted octanol–water partition coefficient (Wildman–Crippen LogP) is 7.79. The topological polar surface area (TPSA) is 18.5 Å². The third kappa shape index (κ3) is 3.68. The molecule has 0 spiro atoms. The molecule has 0 N–H and O–H groups in total. The van der Waals surface area contributed by atoms with Crippen LogP contribution in [0.4, 0.5) is 0 Å². The van der Waals surface area contributed by atoms with Crippen molar-refractivity contribution in [2.75, 3.05) is 6.61 Å². The standard InChI is InChI=1S/C28H21ClO2S/c1-2-30-28(32)26-24(19-9-4-3-5-10-19)25-22-11-7-6-8-18(22)14-17-23(25)31-27(26)20-12-15-21(29)16-13-20/h3-17,24H,2H2,1H3. The van der Waals surface area contributed by atoms with Crippen LogP contribution < -0.4 is 4.74 Å². The van der Waals surface area contributed by atoms with Gasteiger partial charge >= 0.3 is 0 Å². The highest BCUT2D eigenvalue weighted by atomic mass is 35.5. The summed E-state index contributed by atoms with van der Waals surface area (Å²) < 4.78 is 12.5. The summed E-state index contributed by atoms with van der Waals surface area (Å²) in [5.41, 5.74) is 4.01. The van der Waals surface area contributed by atoms with Gasteiger partial charge < -0.3 is 9.47 Å². The van der Waals surface area contributed by atoms with Gasteiger partial charge in [0.1, 0.15) is 11.5 Å². The van der Waals surface area contributed by atoms with Crippen LogP contribution in [0.3, 0.4) is 0 Å². The first kappa shape index (κ1) is 20.7. The number of hydrogen-bond acceptors (Lipinski definition) is 3. The lowest BCUT2D eigenvalue weighted by molar-refractivity contribution is 0.333. The van der Waals surface area contributed by atoms with Gasteiger partial charge in [-0.1, -0.05) is 72.3 Å². The number of thiocarbonyl (C=S) groups is 1. The summed E-state index contributed by atoms with van der Waals surface area (Å²) >= 11 is 12.0. The van der Waals surface area contributed by atoms with Crippen LogP contribution >= 0.6 is 23.8 Å². The average Bonchev–Trinajstić information content (AvgIpc) is 2.84. The summed E-state index contributed by atoms with van der Waals surface area (Å²) in [6, 6.07) is 30.6. The van der Waals surface area contributed by atoms with Gasteiger partial charge in [-0.25, -0.2) is 0 Å². The van der Waals surface area contributed by atoms with Gasteiger partial charge in [0.05, 0.1) is 12.2 Å². The zero-order chi connectivity index (χ0) is 22.1. The van der Waals surface area contributed by atoms with Gasteiger partial charge in [0, 0.05) is 22.1 Å². The van der Waals surface area contributed by atoms with E-state index in [1.54, 1.807) is 0 Å². The predicted molar refractivity (Wildman–Crippen MR) is 135 cm³/mol. The van der Waals surface area contributed by atoms with Gasteiger partial charge in [-0.2, -0.15) is 0 Å². The molecule has 158 valence electrons. The molecule has 1 atom stereocenters. The minimum absolute atomic E-state index is 0.129. The second-order valence-corrected chi connectivity index (χ2v) is 8.42. The highest BCUT2D eigenvalue weighted by Crippen LogP contribution is 2.49. The Balaban J connectivity index is 1.84. The van der Waals surface area contributed by atoms with Crippen LogP contribution in [0.15, 0.2) is 96.6 Å². The van der Waals surface area contributed by atoms with E-state index in [2.05, 4.69) is 54.6 Å². The average molecular weight is 457 g/mol. The van der Waals surface area contributed by atoms with Crippen molar-refractivity contribution in [1.29, 1.82) is 0 Å². The minimum atomic E-state index is -0.129. The van der Waals surface area contributed by atoms with Crippen molar-refractivity contribution < 1.29 is 9.47 Å². The van der Waals surface area contributed by atoms with Crippen LogP contribution in [0.2, 0.25) is 5.02 Å². The van der Waals surface area contributed by atoms with Crippen molar-refractivity contribution in [1.82, 2.24) is 0 Å². The largest absolute Gasteiger partial charge is 0.483 e. The fourth-order valence-electron chi connectivity index (χ4n) is 4.32. The molecule has 1 aliphatic rings. The Bertz CT molecular complexity index is 1330. The summed E-state index contributed by atoms with van der Waals surface area (Å²) in [5, 5.41) is 3.42. The third-order valence-corrected chi connectivity index (χ3v) is 6.29. The number of ether oxygens (including phenoxy) is 2. The Hall–Kier alpha value is -3.14. The van der Waals surface area contributed by atoms with E-state index in [1.807, 2.05) is 43.3 Å². The van der Waals surface area contributed by atoms with Crippen molar-refractivity contribution in [3.8, 4) is 5.75 Å². The maximum atomic E-state index is 6.57. The van der Waals surface area contributed by atoms with Crippen LogP contribution in [-0.4, -0.2) is 11.7 Å². The number of rotatable bonds is 4. The lowest BCUT2D eigenvalue weighted by Crippen LogP contribution is -2.23. The number of benzene rings is 4. The number of halogens is 1. The molecule has 32 heavy (non-hydrogen) atoms. The zero-order valence-corrected chi connectivity index (χ0v) is 19.1. The summed E-state index contributed by atoms with van der Waals surface area (Å²) in [5.74, 6) is 1.40. The van der Waals surface area contributed by atoms with E-state index >= 15 is 0 Å². The highest BCUT2D eigenvalue weighted by Gasteiger charge is 2.36. The fourth-order valence-corrected chi connectivity index (χ4v) is 4.77. The second kappa shape index (κ2) is 8.78. The molecule has 0 aliphatic carbocycles. The summed E-state index contributed by atoms with van der Waals surface area (Å²) in [7, 11) is 0. The third-order valence-electron chi connectivity index (χ3n) is 5.70. The molecule has 1 unspecified atom stereocenters. The molecule has 2 nitrogen and oxygen atoms in total. The molecule has 0 saturated heterocycles. The zero-order valence-electron chi connectivity index (χ0n) is 17.5. The van der Waals surface area contributed by atoms with E-state index in [0.29, 0.717) is 22.4 Å². The van der Waals surface area contributed by atoms with E-state index in [-0.39, 0.29) is 5.92 Å². The Morgan fingerprint density at radius 1 is 0.906 bits per heavy atom. The molecule has 0 amide bonds. The Labute approximate surface area is 198 Å². The van der Waals surface area contributed by atoms with Gasteiger partial charge in [0.15, 0.2) is 5.05 Å². The molecule has 0 aromatic heterocycles. The van der Waals surface area contributed by atoms with Crippen molar-refractivity contribution in [3.63, 3.8) is 0 Å². The monoisotopic (exact) mass is 456 g/mol. The SMILES string of the molecule is CCOC(=S)C1=C(c2ccc(Cl)cc2)Oc2ccc3ccccc3c2C1c1ccccc1. The second-order valence-electron chi connectivity index (χ2n) is 7.61. The van der Waals surface area contributed by atoms with Crippen LogP contribution in [0.1, 0.15) is 29.5 Å².